The average molecular weight is 268 g/mol. The van der Waals surface area contributed by atoms with Crippen molar-refractivity contribution in [2.45, 2.75) is 25.7 Å². The molecule has 0 aliphatic carbocycles. The van der Waals surface area contributed by atoms with Crippen molar-refractivity contribution in [3.63, 3.8) is 0 Å². The molecule has 0 spiro atoms. The number of halogens is 1. The zero-order valence-corrected chi connectivity index (χ0v) is 10.6. The van der Waals surface area contributed by atoms with Gasteiger partial charge in [-0.2, -0.15) is 0 Å². The molecule has 1 aromatic carbocycles. The van der Waals surface area contributed by atoms with Crippen LogP contribution in [0.3, 0.4) is 0 Å². The summed E-state index contributed by atoms with van der Waals surface area (Å²) in [6, 6.07) is 6.96. The number of hydrogen-bond acceptors (Lipinski definition) is 3. The van der Waals surface area contributed by atoms with Crippen molar-refractivity contribution in [1.82, 2.24) is 0 Å². The zero-order valence-electron chi connectivity index (χ0n) is 9.84. The summed E-state index contributed by atoms with van der Waals surface area (Å²) in [6.07, 6.45) is 4.29. The highest BCUT2D eigenvalue weighted by molar-refractivity contribution is 6.30. The average Bonchev–Trinajstić information content (AvgIpc) is 2.35. The van der Waals surface area contributed by atoms with Gasteiger partial charge in [-0.1, -0.05) is 23.7 Å². The number of hydrogen-bond donors (Lipinski definition) is 0. The molecule has 0 saturated carbocycles. The number of carbonyl (C=O) groups is 1. The van der Waals surface area contributed by atoms with E-state index in [-0.39, 0.29) is 17.0 Å². The molecule has 5 heteroatoms. The quantitative estimate of drug-likeness (QED) is 0.329. The predicted molar refractivity (Wildman–Crippen MR) is 70.1 cm³/mol. The highest BCUT2D eigenvalue weighted by atomic mass is 35.5. The summed E-state index contributed by atoms with van der Waals surface area (Å²) in [6.45, 7) is 0. The molecule has 0 bridgehead atoms. The Morgan fingerprint density at radius 2 is 1.94 bits per heavy atom. The molecule has 0 saturated heterocycles. The van der Waals surface area contributed by atoms with Crippen molar-refractivity contribution in [3.8, 4) is 0 Å². The van der Waals surface area contributed by atoms with E-state index in [1.165, 1.54) is 0 Å². The maximum Gasteiger partial charge on any atom is 0.246 e. The van der Waals surface area contributed by atoms with E-state index < -0.39 is 0 Å². The summed E-state index contributed by atoms with van der Waals surface area (Å²) in [5, 5.41) is 11.5. The molecular weight excluding hydrogens is 254 g/mol. The van der Waals surface area contributed by atoms with Crippen LogP contribution in [0.5, 0.6) is 0 Å². The van der Waals surface area contributed by atoms with Crippen LogP contribution in [0.25, 0.3) is 0 Å². The van der Waals surface area contributed by atoms with Crippen molar-refractivity contribution in [2.24, 2.45) is 0 Å². The zero-order chi connectivity index (χ0) is 13.4. The molecule has 0 aliphatic heterocycles. The fraction of sp³-hybridized carbons (Fsp3) is 0.308. The Morgan fingerprint density at radius 1 is 1.28 bits per heavy atom. The number of carbonyl (C=O) groups excluding carboxylic acids is 1. The molecule has 4 nitrogen and oxygen atoms in total. The molecule has 96 valence electrons. The minimum atomic E-state index is -0.379. The number of unbranched alkanes of at least 4 members (excludes halogenated alkanes) is 2. The van der Waals surface area contributed by atoms with Crippen LogP contribution in [0.2, 0.25) is 5.02 Å². The second-order valence-corrected chi connectivity index (χ2v) is 4.29. The molecule has 0 N–H and O–H groups in total. The lowest BCUT2D eigenvalue weighted by Gasteiger charge is -2.00. The van der Waals surface area contributed by atoms with Gasteiger partial charge in [-0.05, 0) is 36.6 Å². The maximum atomic E-state index is 10.9. The van der Waals surface area contributed by atoms with Crippen LogP contribution in [0.1, 0.15) is 24.8 Å². The third kappa shape index (κ3) is 5.10. The second kappa shape index (κ2) is 7.61. The molecule has 0 heterocycles. The summed E-state index contributed by atoms with van der Waals surface area (Å²) >= 11 is 5.75. The Hall–Kier alpha value is -1.68. The van der Waals surface area contributed by atoms with Gasteiger partial charge in [-0.15, -0.1) is 0 Å². The van der Waals surface area contributed by atoms with Gasteiger partial charge in [0.05, 0.1) is 11.3 Å². The SMILES string of the molecule is O=CCCCC=C(Cc1ccc(Cl)cc1)[N+](=O)[O-]. The van der Waals surface area contributed by atoms with Crippen LogP contribution < -0.4 is 0 Å². The van der Waals surface area contributed by atoms with Crippen molar-refractivity contribution in [3.05, 3.63) is 56.7 Å². The Kier molecular flexibility index (Phi) is 6.08. The number of allylic oxidation sites excluding steroid dienone is 2. The molecule has 1 aromatic rings. The maximum absolute atomic E-state index is 10.9. The topological polar surface area (TPSA) is 60.2 Å². The summed E-state index contributed by atoms with van der Waals surface area (Å²) in [7, 11) is 0. The van der Waals surface area contributed by atoms with E-state index in [9.17, 15) is 14.9 Å². The van der Waals surface area contributed by atoms with Gasteiger partial charge in [0.1, 0.15) is 6.29 Å². The van der Waals surface area contributed by atoms with Gasteiger partial charge in [-0.25, -0.2) is 0 Å². The predicted octanol–water partition coefficient (Wildman–Crippen LogP) is 3.41. The summed E-state index contributed by atoms with van der Waals surface area (Å²) in [5.41, 5.74) is 1.00. The number of benzene rings is 1. The normalized spacial score (nSPS) is 11.3. The van der Waals surface area contributed by atoms with Crippen LogP contribution in [-0.2, 0) is 11.2 Å². The standard InChI is InChI=1S/C13H14ClNO3/c14-12-7-5-11(6-8-12)10-13(15(17)18)4-2-1-3-9-16/h4-9H,1-3,10H2. The first-order chi connectivity index (χ1) is 8.63. The molecule has 0 radical (unpaired) electrons. The molecule has 0 aliphatic rings. The van der Waals surface area contributed by atoms with Gasteiger partial charge in [0, 0.05) is 11.4 Å². The van der Waals surface area contributed by atoms with Crippen LogP contribution in [0, 0.1) is 10.1 Å². The van der Waals surface area contributed by atoms with Gasteiger partial charge in [0.2, 0.25) is 5.70 Å². The number of nitrogens with zero attached hydrogens (tertiary/aromatic N) is 1. The smallest absolute Gasteiger partial charge is 0.246 e. The first-order valence-electron chi connectivity index (χ1n) is 5.65. The van der Waals surface area contributed by atoms with Gasteiger partial charge in [0.15, 0.2) is 0 Å². The lowest BCUT2D eigenvalue weighted by atomic mass is 10.1. The minimum absolute atomic E-state index is 0.156. The summed E-state index contributed by atoms with van der Waals surface area (Å²) in [5.74, 6) is 0. The second-order valence-electron chi connectivity index (χ2n) is 3.85. The van der Waals surface area contributed by atoms with Gasteiger partial charge in [-0.3, -0.25) is 10.1 Å². The molecule has 0 unspecified atom stereocenters. The van der Waals surface area contributed by atoms with Crippen molar-refractivity contribution in [1.29, 1.82) is 0 Å². The van der Waals surface area contributed by atoms with E-state index in [0.717, 1.165) is 11.8 Å². The molecular formula is C13H14ClNO3. The van der Waals surface area contributed by atoms with Gasteiger partial charge < -0.3 is 4.79 Å². The Balaban J connectivity index is 2.65. The molecule has 18 heavy (non-hydrogen) atoms. The Bertz CT molecular complexity index is 440. The van der Waals surface area contributed by atoms with Crippen molar-refractivity contribution >= 4 is 17.9 Å². The van der Waals surface area contributed by atoms with Gasteiger partial charge in [0.25, 0.3) is 0 Å². The van der Waals surface area contributed by atoms with Crippen LogP contribution in [0.15, 0.2) is 36.0 Å². The lowest BCUT2D eigenvalue weighted by Crippen LogP contribution is -2.02. The van der Waals surface area contributed by atoms with E-state index in [4.69, 9.17) is 11.6 Å². The highest BCUT2D eigenvalue weighted by Gasteiger charge is 2.10. The summed E-state index contributed by atoms with van der Waals surface area (Å²) < 4.78 is 0. The van der Waals surface area contributed by atoms with Crippen LogP contribution >= 0.6 is 11.6 Å². The molecule has 0 atom stereocenters. The van der Waals surface area contributed by atoms with Crippen molar-refractivity contribution in [2.75, 3.05) is 0 Å². The first kappa shape index (κ1) is 14.4. The van der Waals surface area contributed by atoms with Gasteiger partial charge >= 0.3 is 0 Å². The monoisotopic (exact) mass is 267 g/mol. The summed E-state index contributed by atoms with van der Waals surface area (Å²) in [4.78, 5) is 20.6. The van der Waals surface area contributed by atoms with Crippen LogP contribution in [0.4, 0.5) is 0 Å². The lowest BCUT2D eigenvalue weighted by molar-refractivity contribution is -0.427. The van der Waals surface area contributed by atoms with E-state index in [0.29, 0.717) is 24.3 Å². The fourth-order valence-electron chi connectivity index (χ4n) is 1.49. The molecule has 1 rings (SSSR count). The molecule has 0 fully saturated rings. The number of aldehydes is 1. The van der Waals surface area contributed by atoms with E-state index in [2.05, 4.69) is 0 Å². The van der Waals surface area contributed by atoms with Crippen molar-refractivity contribution < 1.29 is 9.72 Å². The number of nitro groups is 1. The highest BCUT2D eigenvalue weighted by Crippen LogP contribution is 2.14. The molecule has 0 aromatic heterocycles. The number of rotatable bonds is 7. The Labute approximate surface area is 110 Å². The fourth-order valence-corrected chi connectivity index (χ4v) is 1.62. The third-order valence-corrected chi connectivity index (χ3v) is 2.69. The van der Waals surface area contributed by atoms with Crippen LogP contribution in [-0.4, -0.2) is 11.2 Å². The minimum Gasteiger partial charge on any atom is -0.303 e. The van der Waals surface area contributed by atoms with E-state index in [1.807, 2.05) is 0 Å². The van der Waals surface area contributed by atoms with E-state index in [1.54, 1.807) is 30.3 Å². The first-order valence-corrected chi connectivity index (χ1v) is 6.03. The Morgan fingerprint density at radius 3 is 2.50 bits per heavy atom. The largest absolute Gasteiger partial charge is 0.303 e. The third-order valence-electron chi connectivity index (χ3n) is 2.44. The van der Waals surface area contributed by atoms with E-state index >= 15 is 0 Å². The molecule has 0 amide bonds.